The number of nitrogens with zero attached hydrogens (tertiary/aromatic N) is 1. The highest BCUT2D eigenvalue weighted by molar-refractivity contribution is 7.93. The van der Waals surface area contributed by atoms with Gasteiger partial charge < -0.3 is 0 Å². The van der Waals surface area contributed by atoms with Crippen molar-refractivity contribution in [3.05, 3.63) is 30.3 Å². The predicted octanol–water partition coefficient (Wildman–Crippen LogP) is 0.148. The van der Waals surface area contributed by atoms with Gasteiger partial charge in [0, 0.05) is 0 Å². The third-order valence-electron chi connectivity index (χ3n) is 2.47. The smallest absolute Gasteiger partial charge is 0.299 e. The first-order chi connectivity index (χ1) is 10.5. The molecule has 9 nitrogen and oxygen atoms in total. The molecule has 0 unspecified atom stereocenters. The van der Waals surface area contributed by atoms with E-state index in [4.69, 9.17) is 4.55 Å². The Morgan fingerprint density at radius 3 is 2.17 bits per heavy atom. The number of sulfonamides is 1. The molecule has 0 atom stereocenters. The molecule has 11 heteroatoms. The Morgan fingerprint density at radius 1 is 1.13 bits per heavy atom. The first-order valence-electron chi connectivity index (χ1n) is 6.25. The molecule has 0 fully saturated rings. The van der Waals surface area contributed by atoms with Gasteiger partial charge in [0.1, 0.15) is 5.78 Å². The highest BCUT2D eigenvalue weighted by atomic mass is 32.3. The van der Waals surface area contributed by atoms with Crippen molar-refractivity contribution in [2.45, 2.75) is 13.3 Å². The van der Waals surface area contributed by atoms with Gasteiger partial charge in [-0.05, 0) is 19.1 Å². The van der Waals surface area contributed by atoms with E-state index in [1.54, 1.807) is 6.07 Å². The van der Waals surface area contributed by atoms with Crippen LogP contribution in [0.25, 0.3) is 0 Å². The van der Waals surface area contributed by atoms with Crippen LogP contribution in [0.4, 0.5) is 5.69 Å². The summed E-state index contributed by atoms with van der Waals surface area (Å²) >= 11 is 0. The van der Waals surface area contributed by atoms with Crippen LogP contribution in [0.3, 0.4) is 0 Å². The van der Waals surface area contributed by atoms with Crippen molar-refractivity contribution in [3.63, 3.8) is 0 Å². The number of hydrogen-bond donors (Lipinski definition) is 1. The van der Waals surface area contributed by atoms with Crippen LogP contribution in [0.15, 0.2) is 30.3 Å². The molecule has 0 aliphatic heterocycles. The lowest BCUT2D eigenvalue weighted by Crippen LogP contribution is -2.40. The summed E-state index contributed by atoms with van der Waals surface area (Å²) in [5, 5.41) is 0. The number of ketones is 1. The van der Waals surface area contributed by atoms with Gasteiger partial charge in [-0.15, -0.1) is 0 Å². The lowest BCUT2D eigenvalue weighted by molar-refractivity contribution is -0.124. The molecule has 1 aromatic rings. The maximum atomic E-state index is 12.3. The zero-order chi connectivity index (χ0) is 17.7. The van der Waals surface area contributed by atoms with Crippen LogP contribution in [0.1, 0.15) is 13.3 Å². The van der Waals surface area contributed by atoms with E-state index in [1.165, 1.54) is 24.3 Å². The van der Waals surface area contributed by atoms with Gasteiger partial charge in [-0.2, -0.15) is 8.42 Å². The van der Waals surface area contributed by atoms with Crippen LogP contribution in [0.5, 0.6) is 0 Å². The van der Waals surface area contributed by atoms with Crippen LogP contribution in [0, 0.1) is 0 Å². The fourth-order valence-corrected chi connectivity index (χ4v) is 3.34. The molecule has 0 heterocycles. The lowest BCUT2D eigenvalue weighted by atomic mass is 10.2. The van der Waals surface area contributed by atoms with Crippen LogP contribution in [-0.4, -0.2) is 45.4 Å². The first kappa shape index (κ1) is 19.2. The van der Waals surface area contributed by atoms with Gasteiger partial charge in [0.2, 0.25) is 15.9 Å². The molecule has 0 aliphatic rings. The van der Waals surface area contributed by atoms with Crippen LogP contribution in [-0.2, 0) is 34.2 Å². The van der Waals surface area contributed by atoms with Crippen molar-refractivity contribution >= 4 is 37.8 Å². The van der Waals surface area contributed by atoms with Gasteiger partial charge in [-0.1, -0.05) is 18.2 Å². The van der Waals surface area contributed by atoms with Crippen molar-refractivity contribution in [2.75, 3.05) is 16.7 Å². The zero-order valence-corrected chi connectivity index (χ0v) is 13.7. The normalized spacial score (nSPS) is 11.9. The summed E-state index contributed by atoms with van der Waals surface area (Å²) < 4.78 is 58.3. The molecule has 1 amide bonds. The Labute approximate surface area is 133 Å². The molecule has 23 heavy (non-hydrogen) atoms. The van der Waals surface area contributed by atoms with E-state index in [9.17, 15) is 26.4 Å². The number of amides is 1. The Bertz CT molecular complexity index is 771. The number of carbonyl (C=O) groups excluding carboxylic acids is 2. The molecule has 128 valence electrons. The Hall–Kier alpha value is -1.82. The number of para-hydroxylation sites is 1. The molecule has 0 radical (unpaired) electrons. The van der Waals surface area contributed by atoms with Gasteiger partial charge in [-0.3, -0.25) is 14.1 Å². The van der Waals surface area contributed by atoms with Crippen molar-refractivity contribution < 1.29 is 35.2 Å². The number of Topliss-reactive ketones (excluding diaryl/α,β-unsaturated/α-hetero) is 1. The van der Waals surface area contributed by atoms with E-state index in [1.807, 2.05) is 0 Å². The van der Waals surface area contributed by atoms with Crippen molar-refractivity contribution in [2.24, 2.45) is 0 Å². The zero-order valence-electron chi connectivity index (χ0n) is 12.1. The minimum Gasteiger partial charge on any atom is -0.299 e. The van der Waals surface area contributed by atoms with Gasteiger partial charge in [0.05, 0.1) is 24.5 Å². The molecular formula is C12H15NO8S2. The molecule has 0 aliphatic carbocycles. The quantitative estimate of drug-likeness (QED) is 0.508. The number of benzene rings is 1. The Kier molecular flexibility index (Phi) is 6.38. The maximum absolute atomic E-state index is 12.3. The monoisotopic (exact) mass is 365 g/mol. The fraction of sp³-hybridized carbons (Fsp3) is 0.333. The summed E-state index contributed by atoms with van der Waals surface area (Å²) in [5.74, 6) is -2.39. The molecule has 1 N–H and O–H groups in total. The second-order valence-electron chi connectivity index (χ2n) is 4.44. The molecule has 0 aromatic heterocycles. The summed E-state index contributed by atoms with van der Waals surface area (Å²) in [4.78, 5) is 23.2. The predicted molar refractivity (Wildman–Crippen MR) is 80.5 cm³/mol. The lowest BCUT2D eigenvalue weighted by Gasteiger charge is -2.22. The van der Waals surface area contributed by atoms with Gasteiger partial charge in [0.25, 0.3) is 0 Å². The minimum atomic E-state index is -4.80. The van der Waals surface area contributed by atoms with Crippen LogP contribution in [0.2, 0.25) is 0 Å². The fourth-order valence-electron chi connectivity index (χ4n) is 1.64. The van der Waals surface area contributed by atoms with Gasteiger partial charge in [-0.25, -0.2) is 16.9 Å². The van der Waals surface area contributed by atoms with Gasteiger partial charge in [0.15, 0.2) is 0 Å². The molecule has 1 rings (SSSR count). The Morgan fingerprint density at radius 2 is 1.70 bits per heavy atom. The van der Waals surface area contributed by atoms with Crippen molar-refractivity contribution in [3.8, 4) is 0 Å². The topological polar surface area (TPSA) is 135 Å². The van der Waals surface area contributed by atoms with Gasteiger partial charge >= 0.3 is 10.4 Å². The summed E-state index contributed by atoms with van der Waals surface area (Å²) in [5.41, 5.74) is 0.00519. The van der Waals surface area contributed by atoms with Crippen LogP contribution < -0.4 is 4.31 Å². The molecule has 0 saturated carbocycles. The van der Waals surface area contributed by atoms with E-state index < -0.39 is 50.9 Å². The first-order valence-corrected chi connectivity index (χ1v) is 9.22. The standard InChI is InChI=1S/C12H15NO8S2/c1-10(14)9-12(15)13(11-5-3-2-4-6-11)22(16,17)8-7-21-23(18,19)20/h2-6H,7-9H2,1H3,(H,18,19,20). The summed E-state index contributed by atoms with van der Waals surface area (Å²) in [6.07, 6.45) is -0.632. The molecule has 1 aromatic carbocycles. The van der Waals surface area contributed by atoms with Crippen molar-refractivity contribution in [1.82, 2.24) is 0 Å². The summed E-state index contributed by atoms with van der Waals surface area (Å²) in [6, 6.07) is 7.28. The number of anilines is 1. The minimum absolute atomic E-state index is 0.00519. The molecular weight excluding hydrogens is 350 g/mol. The highest BCUT2D eigenvalue weighted by Gasteiger charge is 2.30. The SMILES string of the molecule is CC(=O)CC(=O)N(c1ccccc1)S(=O)(=O)CCOS(=O)(=O)O. The second kappa shape index (κ2) is 7.64. The molecule has 0 saturated heterocycles. The third kappa shape index (κ3) is 6.44. The molecule has 0 bridgehead atoms. The average Bonchev–Trinajstić information content (AvgIpc) is 2.36. The molecule has 0 spiro atoms. The number of carbonyl (C=O) groups is 2. The maximum Gasteiger partial charge on any atom is 0.397 e. The third-order valence-corrected chi connectivity index (χ3v) is 4.59. The average molecular weight is 365 g/mol. The van der Waals surface area contributed by atoms with E-state index in [0.717, 1.165) is 6.92 Å². The van der Waals surface area contributed by atoms with Crippen LogP contribution >= 0.6 is 0 Å². The highest BCUT2D eigenvalue weighted by Crippen LogP contribution is 2.19. The number of hydrogen-bond acceptors (Lipinski definition) is 7. The van der Waals surface area contributed by atoms with E-state index >= 15 is 0 Å². The largest absolute Gasteiger partial charge is 0.397 e. The van der Waals surface area contributed by atoms with E-state index in [-0.39, 0.29) is 5.69 Å². The number of rotatable bonds is 8. The van der Waals surface area contributed by atoms with E-state index in [0.29, 0.717) is 4.31 Å². The summed E-state index contributed by atoms with van der Waals surface area (Å²) in [6.45, 7) is 0.257. The summed E-state index contributed by atoms with van der Waals surface area (Å²) in [7, 11) is -9.11. The van der Waals surface area contributed by atoms with E-state index in [2.05, 4.69) is 4.18 Å². The second-order valence-corrected chi connectivity index (χ2v) is 7.47. The van der Waals surface area contributed by atoms with Crippen molar-refractivity contribution in [1.29, 1.82) is 0 Å². The Balaban J connectivity index is 3.08.